The third-order valence-electron chi connectivity index (χ3n) is 6.37. The Balaban J connectivity index is 1.63. The quantitative estimate of drug-likeness (QED) is 0.321. The summed E-state index contributed by atoms with van der Waals surface area (Å²) >= 11 is 0. The summed E-state index contributed by atoms with van der Waals surface area (Å²) in [5, 5.41) is 9.36. The van der Waals surface area contributed by atoms with Gasteiger partial charge in [-0.05, 0) is 31.0 Å². The fraction of sp³-hybridized carbons (Fsp3) is 0.320. The molecular weight excluding hydrogens is 520 g/mol. The average molecular weight is 546 g/mol. The third-order valence-corrected chi connectivity index (χ3v) is 7.93. The van der Waals surface area contributed by atoms with Crippen LogP contribution in [0, 0.1) is 29.4 Å². The zero-order valence-electron chi connectivity index (χ0n) is 20.6. The zero-order chi connectivity index (χ0) is 27.6. The minimum absolute atomic E-state index is 0.00455. The first-order valence-electron chi connectivity index (χ1n) is 11.7. The van der Waals surface area contributed by atoms with E-state index in [1.807, 2.05) is 4.72 Å². The Morgan fingerprint density at radius 2 is 2.00 bits per heavy atom. The van der Waals surface area contributed by atoms with Gasteiger partial charge in [0.25, 0.3) is 0 Å². The monoisotopic (exact) mass is 545 g/mol. The Kier molecular flexibility index (Phi) is 7.66. The molecule has 10 nitrogen and oxygen atoms in total. The smallest absolute Gasteiger partial charge is 0.407 e. The number of pyridine rings is 1. The molecular formula is C25H25F2N5O5S. The van der Waals surface area contributed by atoms with Gasteiger partial charge in [0, 0.05) is 61.5 Å². The number of fused-ring (bicyclic) bond motifs is 1. The average Bonchev–Trinajstić information content (AvgIpc) is 3.32. The molecule has 0 spiro atoms. The van der Waals surface area contributed by atoms with Crippen LogP contribution in [0.2, 0.25) is 0 Å². The van der Waals surface area contributed by atoms with Gasteiger partial charge < -0.3 is 15.0 Å². The summed E-state index contributed by atoms with van der Waals surface area (Å²) < 4.78 is 57.6. The highest BCUT2D eigenvalue weighted by Gasteiger charge is 2.27. The number of aromatic nitrogens is 2. The molecule has 0 aliphatic carbocycles. The first-order chi connectivity index (χ1) is 18.0. The largest absolute Gasteiger partial charge is 0.465 e. The van der Waals surface area contributed by atoms with Gasteiger partial charge in [-0.3, -0.25) is 9.52 Å². The fourth-order valence-electron chi connectivity index (χ4n) is 4.02. The summed E-state index contributed by atoms with van der Waals surface area (Å²) in [5.41, 5.74) is -0.761. The van der Waals surface area contributed by atoms with Gasteiger partial charge in [-0.2, -0.15) is 12.7 Å². The second-order valence-corrected chi connectivity index (χ2v) is 10.5. The molecule has 1 fully saturated rings. The first kappa shape index (κ1) is 27.0. The highest BCUT2D eigenvalue weighted by molar-refractivity contribution is 7.90. The van der Waals surface area contributed by atoms with E-state index in [-0.39, 0.29) is 23.4 Å². The van der Waals surface area contributed by atoms with Gasteiger partial charge in [0.2, 0.25) is 5.78 Å². The van der Waals surface area contributed by atoms with Crippen LogP contribution in [0.5, 0.6) is 0 Å². The molecule has 1 saturated heterocycles. The molecule has 0 saturated carbocycles. The standard InChI is InChI=1S/C25H25F2N5O5S/c1-3-31(2)38(36,37)30-20-7-6-19(26)21(22(20)27)23(33)18-14-29-24-17(18)12-16(13-28-24)5-4-15-8-10-32(11-9-15)25(34)35/h6-7,12-15,30H,3,8-11H2,1-2H3,(H,28,29)(H,34,35). The number of carbonyl (C=O) groups excluding carboxylic acids is 1. The van der Waals surface area contributed by atoms with Crippen molar-refractivity contribution in [2.45, 2.75) is 19.8 Å². The maximum absolute atomic E-state index is 15.3. The third kappa shape index (κ3) is 5.46. The number of hydrogen-bond donors (Lipinski definition) is 3. The van der Waals surface area contributed by atoms with E-state index in [9.17, 15) is 22.4 Å². The number of amides is 1. The molecule has 0 radical (unpaired) electrons. The number of piperidine rings is 1. The lowest BCUT2D eigenvalue weighted by molar-refractivity contribution is 0.103. The Labute approximate surface area is 217 Å². The van der Waals surface area contributed by atoms with E-state index in [2.05, 4.69) is 21.8 Å². The van der Waals surface area contributed by atoms with Crippen molar-refractivity contribution >= 4 is 38.8 Å². The fourth-order valence-corrected chi connectivity index (χ4v) is 4.95. The number of rotatable bonds is 6. The highest BCUT2D eigenvalue weighted by atomic mass is 32.2. The lowest BCUT2D eigenvalue weighted by Crippen LogP contribution is -2.37. The summed E-state index contributed by atoms with van der Waals surface area (Å²) in [4.78, 5) is 32.7. The number of halogens is 2. The molecule has 200 valence electrons. The molecule has 13 heteroatoms. The molecule has 0 bridgehead atoms. The Morgan fingerprint density at radius 1 is 1.29 bits per heavy atom. The van der Waals surface area contributed by atoms with Gasteiger partial charge in [-0.15, -0.1) is 0 Å². The van der Waals surface area contributed by atoms with Crippen LogP contribution in [0.3, 0.4) is 0 Å². The maximum atomic E-state index is 15.3. The number of likely N-dealkylation sites (tertiary alicyclic amines) is 1. The van der Waals surface area contributed by atoms with E-state index in [1.165, 1.54) is 24.3 Å². The minimum atomic E-state index is -4.11. The van der Waals surface area contributed by atoms with Crippen molar-refractivity contribution in [2.75, 3.05) is 31.4 Å². The number of benzene rings is 1. The molecule has 0 atom stereocenters. The number of ketones is 1. The predicted octanol–water partition coefficient (Wildman–Crippen LogP) is 3.42. The van der Waals surface area contributed by atoms with Crippen LogP contribution in [0.1, 0.15) is 41.3 Å². The summed E-state index contributed by atoms with van der Waals surface area (Å²) in [6.07, 6.45) is 3.00. The topological polar surface area (TPSA) is 136 Å². The van der Waals surface area contributed by atoms with Crippen molar-refractivity contribution < 1.29 is 31.9 Å². The number of hydrogen-bond acceptors (Lipinski definition) is 5. The van der Waals surface area contributed by atoms with Gasteiger partial charge in [-0.1, -0.05) is 18.8 Å². The molecule has 0 unspecified atom stereocenters. The molecule has 3 N–H and O–H groups in total. The number of H-pyrrole nitrogens is 1. The van der Waals surface area contributed by atoms with E-state index in [0.717, 1.165) is 16.4 Å². The van der Waals surface area contributed by atoms with Crippen LogP contribution in [-0.2, 0) is 10.2 Å². The second kappa shape index (κ2) is 10.8. The molecule has 1 amide bonds. The molecule has 2 aromatic heterocycles. The Morgan fingerprint density at radius 3 is 2.66 bits per heavy atom. The molecule has 4 rings (SSSR count). The van der Waals surface area contributed by atoms with Gasteiger partial charge >= 0.3 is 16.3 Å². The predicted molar refractivity (Wildman–Crippen MR) is 136 cm³/mol. The van der Waals surface area contributed by atoms with Gasteiger partial charge in [0.05, 0.1) is 11.3 Å². The lowest BCUT2D eigenvalue weighted by Gasteiger charge is -2.27. The van der Waals surface area contributed by atoms with Crippen molar-refractivity contribution in [1.82, 2.24) is 19.2 Å². The van der Waals surface area contributed by atoms with Crippen molar-refractivity contribution in [1.29, 1.82) is 0 Å². The van der Waals surface area contributed by atoms with Gasteiger partial charge in [-0.25, -0.2) is 18.6 Å². The summed E-state index contributed by atoms with van der Waals surface area (Å²) in [5.74, 6) is 2.60. The zero-order valence-corrected chi connectivity index (χ0v) is 21.4. The molecule has 3 heterocycles. The lowest BCUT2D eigenvalue weighted by atomic mass is 9.97. The summed E-state index contributed by atoms with van der Waals surface area (Å²) in [7, 11) is -2.83. The molecule has 38 heavy (non-hydrogen) atoms. The number of nitrogens with one attached hydrogen (secondary N) is 2. The van der Waals surface area contributed by atoms with Crippen LogP contribution in [0.15, 0.2) is 30.6 Å². The van der Waals surface area contributed by atoms with E-state index in [1.54, 1.807) is 13.0 Å². The molecule has 1 aromatic carbocycles. The first-order valence-corrected chi connectivity index (χ1v) is 13.2. The summed E-state index contributed by atoms with van der Waals surface area (Å²) in [6, 6.07) is 3.30. The van der Waals surface area contributed by atoms with Crippen molar-refractivity contribution in [3.05, 3.63) is 58.9 Å². The van der Waals surface area contributed by atoms with Crippen LogP contribution in [-0.4, -0.2) is 71.3 Å². The van der Waals surface area contributed by atoms with Crippen LogP contribution < -0.4 is 4.72 Å². The number of anilines is 1. The van der Waals surface area contributed by atoms with Crippen LogP contribution in [0.4, 0.5) is 19.3 Å². The molecule has 1 aliphatic heterocycles. The van der Waals surface area contributed by atoms with Gasteiger partial charge in [0.1, 0.15) is 11.5 Å². The van der Waals surface area contributed by atoms with E-state index >= 15 is 4.39 Å². The molecule has 1 aliphatic rings. The highest BCUT2D eigenvalue weighted by Crippen LogP contribution is 2.28. The van der Waals surface area contributed by atoms with Crippen molar-refractivity contribution in [2.24, 2.45) is 5.92 Å². The van der Waals surface area contributed by atoms with Crippen molar-refractivity contribution in [3.8, 4) is 11.8 Å². The molecule has 3 aromatic rings. The van der Waals surface area contributed by atoms with Crippen molar-refractivity contribution in [3.63, 3.8) is 0 Å². The Hall–Kier alpha value is -4.02. The van der Waals surface area contributed by atoms with E-state index in [0.29, 0.717) is 37.1 Å². The number of carbonyl (C=O) groups is 2. The SMILES string of the molecule is CCN(C)S(=O)(=O)Nc1ccc(F)c(C(=O)c2c[nH]c3ncc(C#CC4CCN(C(=O)O)CC4)cc23)c1F. The van der Waals surface area contributed by atoms with E-state index < -0.39 is 45.0 Å². The van der Waals surface area contributed by atoms with Crippen LogP contribution >= 0.6 is 0 Å². The second-order valence-electron chi connectivity index (χ2n) is 8.77. The normalized spacial score (nSPS) is 14.4. The number of nitrogens with zero attached hydrogens (tertiary/aromatic N) is 3. The minimum Gasteiger partial charge on any atom is -0.465 e. The summed E-state index contributed by atoms with van der Waals surface area (Å²) in [6.45, 7) is 2.48. The van der Waals surface area contributed by atoms with E-state index in [4.69, 9.17) is 5.11 Å². The van der Waals surface area contributed by atoms with Crippen LogP contribution in [0.25, 0.3) is 11.0 Å². The van der Waals surface area contributed by atoms with Gasteiger partial charge in [0.15, 0.2) is 5.82 Å². The Bertz CT molecular complexity index is 1570. The number of aromatic amines is 1. The number of carboxylic acid groups (broad SMARTS) is 1. The maximum Gasteiger partial charge on any atom is 0.407 e.